The Bertz CT molecular complexity index is 2050. The van der Waals surface area contributed by atoms with E-state index in [0.29, 0.717) is 23.5 Å². The number of aromatic carboxylic acids is 1. The molecule has 2 aromatic carbocycles. The summed E-state index contributed by atoms with van der Waals surface area (Å²) < 4.78 is 28.2. The summed E-state index contributed by atoms with van der Waals surface area (Å²) in [6.07, 6.45) is 3.86. The number of thiazole rings is 1. The van der Waals surface area contributed by atoms with Crippen LogP contribution in [0.1, 0.15) is 76.4 Å². The number of carboxylic acid groups (broad SMARTS) is 1. The van der Waals surface area contributed by atoms with E-state index >= 15 is 0 Å². The van der Waals surface area contributed by atoms with Crippen molar-refractivity contribution in [1.82, 2.24) is 30.2 Å². The van der Waals surface area contributed by atoms with E-state index in [2.05, 4.69) is 25.7 Å². The maximum atomic E-state index is 13.8. The summed E-state index contributed by atoms with van der Waals surface area (Å²) in [5.74, 6) is -5.02. The predicted molar refractivity (Wildman–Crippen MR) is 162 cm³/mol. The third-order valence-electron chi connectivity index (χ3n) is 7.84. The van der Waals surface area contributed by atoms with Gasteiger partial charge in [-0.3, -0.25) is 19.3 Å². The van der Waals surface area contributed by atoms with Crippen LogP contribution in [-0.2, 0) is 13.0 Å². The third-order valence-corrected chi connectivity index (χ3v) is 8.69. The molecule has 0 saturated heterocycles. The highest BCUT2D eigenvalue weighted by atomic mass is 32.1. The number of carboxylic acids is 1. The number of fused-ring (bicyclic) bond motifs is 2. The number of hydrogen-bond donors (Lipinski definition) is 3. The smallest absolute Gasteiger partial charge is 0.335 e. The van der Waals surface area contributed by atoms with Crippen LogP contribution in [0.5, 0.6) is 0 Å². The molecule has 234 valence electrons. The summed E-state index contributed by atoms with van der Waals surface area (Å²) >= 11 is 1.24. The number of anilines is 1. The number of hydrogen-bond acceptors (Lipinski definition) is 8. The van der Waals surface area contributed by atoms with Crippen molar-refractivity contribution >= 4 is 45.8 Å². The summed E-state index contributed by atoms with van der Waals surface area (Å²) in [5.41, 5.74) is 2.37. The summed E-state index contributed by atoms with van der Waals surface area (Å²) in [7, 11) is 1.52. The first-order valence-electron chi connectivity index (χ1n) is 14.0. The molecule has 0 bridgehead atoms. The normalized spacial score (nSPS) is 13.8. The monoisotopic (exact) mass is 645 g/mol. The SMILES string of the molecule is Cc1c(C(=O)O)ccc2c1CC[C@@H]2NC(=O)c1cc(C(=O)NCc2ccc(F)c(F)c2)nc2c(C(=O)N(C)c3nccs3)cnn12. The number of amides is 3. The molecule has 0 fully saturated rings. The van der Waals surface area contributed by atoms with Crippen molar-refractivity contribution in [1.29, 1.82) is 0 Å². The van der Waals surface area contributed by atoms with Gasteiger partial charge in [-0.05, 0) is 60.2 Å². The quantitative estimate of drug-likeness (QED) is 0.228. The molecular weight excluding hydrogens is 620 g/mol. The van der Waals surface area contributed by atoms with Gasteiger partial charge >= 0.3 is 5.97 Å². The minimum atomic E-state index is -1.07. The van der Waals surface area contributed by atoms with Gasteiger partial charge in [-0.25, -0.2) is 28.1 Å². The van der Waals surface area contributed by atoms with Crippen molar-refractivity contribution < 1.29 is 33.1 Å². The standard InChI is InChI=1S/C31H25F2N7O5S/c1-15-17-6-8-23(19(17)5-4-18(15)30(44)45)38-28(42)25-12-24(27(41)35-13-16-3-7-21(32)22(33)11-16)37-26-20(14-36-40(25)26)29(43)39(2)31-34-9-10-46-31/h3-5,7,9-12,14,23H,6,8,13H2,1-2H3,(H,35,41)(H,38,42)(H,44,45)/t23-/m0/s1. The number of nitrogens with zero attached hydrogens (tertiary/aromatic N) is 5. The molecule has 0 aliphatic heterocycles. The minimum absolute atomic E-state index is 0.00467. The third kappa shape index (κ3) is 5.56. The zero-order valence-corrected chi connectivity index (χ0v) is 25.2. The fraction of sp³-hybridized carbons (Fsp3) is 0.194. The number of halogens is 2. The van der Waals surface area contributed by atoms with Gasteiger partial charge in [-0.15, -0.1) is 11.3 Å². The molecule has 0 saturated carbocycles. The molecule has 1 aliphatic rings. The molecule has 3 heterocycles. The number of aromatic nitrogens is 4. The molecule has 6 rings (SSSR count). The Morgan fingerprint density at radius 1 is 1.09 bits per heavy atom. The molecule has 0 radical (unpaired) electrons. The van der Waals surface area contributed by atoms with E-state index in [1.165, 1.54) is 52.2 Å². The molecule has 5 aromatic rings. The largest absolute Gasteiger partial charge is 0.478 e. The lowest BCUT2D eigenvalue weighted by atomic mass is 9.98. The lowest BCUT2D eigenvalue weighted by molar-refractivity contribution is 0.0695. The Balaban J connectivity index is 1.35. The molecular formula is C31H25F2N7O5S. The Morgan fingerprint density at radius 2 is 1.89 bits per heavy atom. The molecule has 3 N–H and O–H groups in total. The second-order valence-corrected chi connectivity index (χ2v) is 11.5. The van der Waals surface area contributed by atoms with Gasteiger partial charge in [0.2, 0.25) is 0 Å². The van der Waals surface area contributed by atoms with Crippen LogP contribution in [0.25, 0.3) is 5.65 Å². The van der Waals surface area contributed by atoms with Crippen LogP contribution in [0.4, 0.5) is 13.9 Å². The topological polar surface area (TPSA) is 159 Å². The fourth-order valence-electron chi connectivity index (χ4n) is 5.46. The lowest BCUT2D eigenvalue weighted by Crippen LogP contribution is -2.31. The summed E-state index contributed by atoms with van der Waals surface area (Å²) in [6.45, 7) is 1.56. The number of nitrogens with one attached hydrogen (secondary N) is 2. The maximum absolute atomic E-state index is 13.8. The second kappa shape index (κ2) is 12.1. The fourth-order valence-corrected chi connectivity index (χ4v) is 6.06. The molecule has 3 aromatic heterocycles. The van der Waals surface area contributed by atoms with E-state index in [9.17, 15) is 33.1 Å². The Kier molecular flexibility index (Phi) is 8.00. The van der Waals surface area contributed by atoms with E-state index in [1.54, 1.807) is 24.6 Å². The minimum Gasteiger partial charge on any atom is -0.478 e. The molecule has 3 amide bonds. The van der Waals surface area contributed by atoms with Crippen LogP contribution >= 0.6 is 11.3 Å². The van der Waals surface area contributed by atoms with Crippen LogP contribution < -0.4 is 15.5 Å². The number of rotatable bonds is 8. The van der Waals surface area contributed by atoms with Gasteiger partial charge in [-0.1, -0.05) is 12.1 Å². The molecule has 1 aliphatic carbocycles. The Hall–Kier alpha value is -5.57. The Labute approximate surface area is 263 Å². The van der Waals surface area contributed by atoms with Crippen molar-refractivity contribution in [3.8, 4) is 0 Å². The summed E-state index contributed by atoms with van der Waals surface area (Å²) in [5, 5.41) is 21.4. The molecule has 0 unspecified atom stereocenters. The summed E-state index contributed by atoms with van der Waals surface area (Å²) in [4.78, 5) is 62.0. The Morgan fingerprint density at radius 3 is 2.61 bits per heavy atom. The number of carbonyl (C=O) groups excluding carboxylic acids is 3. The number of carbonyl (C=O) groups is 4. The predicted octanol–water partition coefficient (Wildman–Crippen LogP) is 4.09. The van der Waals surface area contributed by atoms with E-state index in [4.69, 9.17) is 0 Å². The van der Waals surface area contributed by atoms with E-state index in [1.807, 2.05) is 0 Å². The van der Waals surface area contributed by atoms with Crippen LogP contribution in [0, 0.1) is 18.6 Å². The van der Waals surface area contributed by atoms with Crippen molar-refractivity contribution in [2.24, 2.45) is 0 Å². The first-order valence-corrected chi connectivity index (χ1v) is 14.9. The van der Waals surface area contributed by atoms with Crippen molar-refractivity contribution in [3.05, 3.63) is 111 Å². The first kappa shape index (κ1) is 30.5. The van der Waals surface area contributed by atoms with Gasteiger partial charge in [0.15, 0.2) is 22.4 Å². The maximum Gasteiger partial charge on any atom is 0.335 e. The van der Waals surface area contributed by atoms with E-state index < -0.39 is 41.4 Å². The van der Waals surface area contributed by atoms with Crippen LogP contribution in [0.15, 0.2) is 54.2 Å². The highest BCUT2D eigenvalue weighted by Gasteiger charge is 2.30. The molecule has 12 nitrogen and oxygen atoms in total. The lowest BCUT2D eigenvalue weighted by Gasteiger charge is -2.16. The highest BCUT2D eigenvalue weighted by molar-refractivity contribution is 7.13. The van der Waals surface area contributed by atoms with Crippen LogP contribution in [0.3, 0.4) is 0 Å². The van der Waals surface area contributed by atoms with Gasteiger partial charge in [0.1, 0.15) is 17.0 Å². The highest BCUT2D eigenvalue weighted by Crippen LogP contribution is 2.35. The zero-order valence-electron chi connectivity index (χ0n) is 24.4. The van der Waals surface area contributed by atoms with Crippen molar-refractivity contribution in [3.63, 3.8) is 0 Å². The van der Waals surface area contributed by atoms with E-state index in [0.717, 1.165) is 23.3 Å². The van der Waals surface area contributed by atoms with Gasteiger partial charge in [0, 0.05) is 31.2 Å². The van der Waals surface area contributed by atoms with Crippen LogP contribution in [-0.4, -0.2) is 55.4 Å². The molecule has 15 heteroatoms. The van der Waals surface area contributed by atoms with Gasteiger partial charge < -0.3 is 15.7 Å². The van der Waals surface area contributed by atoms with E-state index in [-0.39, 0.29) is 40.3 Å². The first-order chi connectivity index (χ1) is 22.0. The average Bonchev–Trinajstić information content (AvgIpc) is 3.81. The van der Waals surface area contributed by atoms with Crippen molar-refractivity contribution in [2.45, 2.75) is 32.4 Å². The molecule has 1 atom stereocenters. The molecule has 0 spiro atoms. The second-order valence-electron chi connectivity index (χ2n) is 10.6. The van der Waals surface area contributed by atoms with Crippen molar-refractivity contribution in [2.75, 3.05) is 11.9 Å². The molecule has 46 heavy (non-hydrogen) atoms. The summed E-state index contributed by atoms with van der Waals surface area (Å²) in [6, 6.07) is 7.17. The van der Waals surface area contributed by atoms with Crippen LogP contribution in [0.2, 0.25) is 0 Å². The zero-order chi connectivity index (χ0) is 32.7. The van der Waals surface area contributed by atoms with Gasteiger partial charge in [-0.2, -0.15) is 5.10 Å². The van der Waals surface area contributed by atoms with Gasteiger partial charge in [0.25, 0.3) is 17.7 Å². The van der Waals surface area contributed by atoms with Gasteiger partial charge in [0.05, 0.1) is 17.8 Å². The average molecular weight is 646 g/mol. The number of benzene rings is 2.